The number of aryl methyl sites for hydroxylation is 3. The van der Waals surface area contributed by atoms with Crippen LogP contribution in [0.1, 0.15) is 58.6 Å². The molecule has 248 valence electrons. The van der Waals surface area contributed by atoms with E-state index in [0.29, 0.717) is 12.8 Å². The molecule has 5 aromatic rings. The van der Waals surface area contributed by atoms with Crippen LogP contribution in [0.15, 0.2) is 103 Å². The van der Waals surface area contributed by atoms with Crippen LogP contribution in [-0.4, -0.2) is 40.9 Å². The number of unbranched alkanes of at least 4 members (excludes halogenated alkanes) is 2. The quantitative estimate of drug-likeness (QED) is 0.0656. The van der Waals surface area contributed by atoms with Crippen LogP contribution >= 0.6 is 23.6 Å². The minimum Gasteiger partial charge on any atom is -0.399 e. The van der Waals surface area contributed by atoms with E-state index in [4.69, 9.17) is 23.7 Å². The zero-order valence-corrected chi connectivity index (χ0v) is 29.7. The van der Waals surface area contributed by atoms with E-state index in [1.807, 2.05) is 112 Å². The van der Waals surface area contributed by atoms with E-state index in [9.17, 15) is 9.59 Å². The molecule has 0 saturated carbocycles. The molecule has 7 nitrogen and oxygen atoms in total. The van der Waals surface area contributed by atoms with E-state index in [1.165, 1.54) is 11.3 Å². The van der Waals surface area contributed by atoms with Gasteiger partial charge >= 0.3 is 0 Å². The van der Waals surface area contributed by atoms with Gasteiger partial charge in [0.1, 0.15) is 5.01 Å². The summed E-state index contributed by atoms with van der Waals surface area (Å²) in [6, 6.07) is 33.5. The maximum Gasteiger partial charge on any atom is 0.222 e. The summed E-state index contributed by atoms with van der Waals surface area (Å²) in [5, 5.41) is 7.45. The molecule has 0 bridgehead atoms. The van der Waals surface area contributed by atoms with Crippen molar-refractivity contribution in [2.24, 2.45) is 0 Å². The second kappa shape index (κ2) is 21.2. The monoisotopic (exact) mass is 669 g/mol. The number of para-hydroxylation sites is 2. The first-order valence-electron chi connectivity index (χ1n) is 15.5. The van der Waals surface area contributed by atoms with Gasteiger partial charge in [-0.25, -0.2) is 0 Å². The third-order valence-corrected chi connectivity index (χ3v) is 8.03. The zero-order chi connectivity index (χ0) is 34.6. The number of carbonyl (C=O) groups is 2. The van der Waals surface area contributed by atoms with E-state index >= 15 is 0 Å². The predicted molar refractivity (Wildman–Crippen MR) is 201 cm³/mol. The van der Waals surface area contributed by atoms with E-state index in [1.54, 1.807) is 19.0 Å². The standard InChI is InChI=1S/C21H25NO2.2C7H9N.C3H4N2S2/c1-22(2)21(24)12-8-4-7-11-20(23)19-15-13-18(14-16-19)17-9-5-3-6-10-17;2*1-6-4-2-3-5-7(6)8;1-2-4-5-3(6)7-2/h3,5-6,9-10,13-16H,4,7-8,11-12H2,1-2H3;2*2-5H,8H2,1H3;1H3,(H,5,6). The van der Waals surface area contributed by atoms with Crippen molar-refractivity contribution in [3.05, 3.63) is 129 Å². The summed E-state index contributed by atoms with van der Waals surface area (Å²) in [5.41, 5.74) is 18.1. The van der Waals surface area contributed by atoms with Crippen molar-refractivity contribution in [1.82, 2.24) is 15.1 Å². The average molecular weight is 670 g/mol. The number of anilines is 2. The summed E-state index contributed by atoms with van der Waals surface area (Å²) in [7, 11) is 3.54. The van der Waals surface area contributed by atoms with Gasteiger partial charge in [0.05, 0.1) is 0 Å². The number of Topliss-reactive ketones (excluding diaryl/α,β-unsaturated/α-hetero) is 1. The Hall–Kier alpha value is -4.60. The maximum absolute atomic E-state index is 12.2. The van der Waals surface area contributed by atoms with Crippen LogP contribution in [0.25, 0.3) is 11.1 Å². The third kappa shape index (κ3) is 15.5. The topological polar surface area (TPSA) is 118 Å². The minimum absolute atomic E-state index is 0.151. The normalized spacial score (nSPS) is 9.81. The first-order valence-corrected chi connectivity index (χ1v) is 16.7. The number of rotatable bonds is 8. The number of nitrogens with one attached hydrogen (secondary N) is 1. The Kier molecular flexibility index (Phi) is 17.4. The largest absolute Gasteiger partial charge is 0.399 e. The molecule has 0 spiro atoms. The molecule has 1 aromatic heterocycles. The van der Waals surface area contributed by atoms with Gasteiger partial charge in [0.2, 0.25) is 5.91 Å². The zero-order valence-electron chi connectivity index (χ0n) is 28.0. The first kappa shape index (κ1) is 38.6. The summed E-state index contributed by atoms with van der Waals surface area (Å²) >= 11 is 6.22. The number of ketones is 1. The number of aromatic nitrogens is 2. The van der Waals surface area contributed by atoms with Gasteiger partial charge in [-0.1, -0.05) is 109 Å². The molecule has 4 aromatic carbocycles. The Balaban J connectivity index is 0.000000268. The lowest BCUT2D eigenvalue weighted by Gasteiger charge is -2.09. The Morgan fingerprint density at radius 3 is 1.60 bits per heavy atom. The second-order valence-corrected chi connectivity index (χ2v) is 12.9. The van der Waals surface area contributed by atoms with Crippen molar-refractivity contribution in [2.75, 3.05) is 25.6 Å². The molecule has 0 fully saturated rings. The number of nitrogen functional groups attached to an aromatic ring is 2. The molecule has 0 aliphatic carbocycles. The van der Waals surface area contributed by atoms with Crippen LogP contribution in [0, 0.1) is 24.7 Å². The van der Waals surface area contributed by atoms with Gasteiger partial charge in [0.15, 0.2) is 9.74 Å². The summed E-state index contributed by atoms with van der Waals surface area (Å²) in [6.07, 6.45) is 3.69. The maximum atomic E-state index is 12.2. The smallest absolute Gasteiger partial charge is 0.222 e. The van der Waals surface area contributed by atoms with Crippen molar-refractivity contribution in [3.63, 3.8) is 0 Å². The lowest BCUT2D eigenvalue weighted by atomic mass is 10.00. The van der Waals surface area contributed by atoms with Crippen LogP contribution in [0.5, 0.6) is 0 Å². The predicted octanol–water partition coefficient (Wildman–Crippen LogP) is 9.24. The molecule has 47 heavy (non-hydrogen) atoms. The molecule has 1 heterocycles. The van der Waals surface area contributed by atoms with Gasteiger partial charge < -0.3 is 16.4 Å². The molecule has 0 unspecified atom stereocenters. The third-order valence-electron chi connectivity index (χ3n) is 7.03. The van der Waals surface area contributed by atoms with E-state index in [-0.39, 0.29) is 11.7 Å². The number of benzene rings is 4. The molecule has 0 aliphatic heterocycles. The van der Waals surface area contributed by atoms with Crippen molar-refractivity contribution < 1.29 is 9.59 Å². The summed E-state index contributed by atoms with van der Waals surface area (Å²) in [4.78, 5) is 25.3. The number of carbonyl (C=O) groups excluding carboxylic acids is 2. The van der Waals surface area contributed by atoms with Gasteiger partial charge in [-0.3, -0.25) is 14.7 Å². The fourth-order valence-corrected chi connectivity index (χ4v) is 4.92. The molecular weight excluding hydrogens is 623 g/mol. The van der Waals surface area contributed by atoms with Crippen molar-refractivity contribution in [3.8, 4) is 11.1 Å². The average Bonchev–Trinajstić information content (AvgIpc) is 3.46. The van der Waals surface area contributed by atoms with Gasteiger partial charge in [0.25, 0.3) is 0 Å². The second-order valence-electron chi connectivity index (χ2n) is 11.1. The van der Waals surface area contributed by atoms with Crippen LogP contribution in [-0.2, 0) is 4.79 Å². The van der Waals surface area contributed by atoms with Gasteiger partial charge in [-0.05, 0) is 80.2 Å². The summed E-state index contributed by atoms with van der Waals surface area (Å²) in [5.74, 6) is 0.325. The van der Waals surface area contributed by atoms with Crippen molar-refractivity contribution in [1.29, 1.82) is 0 Å². The van der Waals surface area contributed by atoms with Gasteiger partial charge in [-0.2, -0.15) is 5.10 Å². The highest BCUT2D eigenvalue weighted by Gasteiger charge is 2.07. The number of hydrogen-bond donors (Lipinski definition) is 3. The number of hydrogen-bond acceptors (Lipinski definition) is 7. The minimum atomic E-state index is 0.151. The van der Waals surface area contributed by atoms with Gasteiger partial charge in [-0.15, -0.1) is 0 Å². The number of amides is 1. The number of H-pyrrole nitrogens is 1. The highest BCUT2D eigenvalue weighted by molar-refractivity contribution is 7.73. The SMILES string of the molecule is CN(C)C(=O)CCCCCC(=O)c1ccc(-c2ccccc2)cc1.Cc1ccccc1N.Cc1ccccc1N.Cc1n[nH]c(=S)s1. The van der Waals surface area contributed by atoms with Crippen LogP contribution in [0.4, 0.5) is 11.4 Å². The highest BCUT2D eigenvalue weighted by atomic mass is 32.1. The molecule has 5 rings (SSSR count). The van der Waals surface area contributed by atoms with Crippen molar-refractivity contribution in [2.45, 2.75) is 52.9 Å². The number of aromatic amines is 1. The Morgan fingerprint density at radius 2 is 1.19 bits per heavy atom. The molecule has 1 amide bonds. The van der Waals surface area contributed by atoms with Crippen LogP contribution < -0.4 is 11.5 Å². The van der Waals surface area contributed by atoms with E-state index in [0.717, 1.165) is 67.4 Å². The fraction of sp³-hybridized carbons (Fsp3) is 0.263. The molecule has 0 aliphatic rings. The molecule has 0 atom stereocenters. The van der Waals surface area contributed by atoms with E-state index in [2.05, 4.69) is 22.3 Å². The van der Waals surface area contributed by atoms with E-state index < -0.39 is 0 Å². The molecule has 9 heteroatoms. The molecule has 5 N–H and O–H groups in total. The van der Waals surface area contributed by atoms with Crippen LogP contribution in [0.2, 0.25) is 0 Å². The molecule has 0 radical (unpaired) electrons. The molecule has 0 saturated heterocycles. The number of nitrogens with zero attached hydrogens (tertiary/aromatic N) is 2. The van der Waals surface area contributed by atoms with Crippen molar-refractivity contribution >= 4 is 46.6 Å². The Labute approximate surface area is 288 Å². The first-order chi connectivity index (χ1) is 22.5. The Bertz CT molecular complexity index is 1610. The number of nitrogens with two attached hydrogens (primary N) is 2. The van der Waals surface area contributed by atoms with Crippen LogP contribution in [0.3, 0.4) is 0 Å². The van der Waals surface area contributed by atoms with Gasteiger partial charge in [0, 0.05) is 43.9 Å². The summed E-state index contributed by atoms with van der Waals surface area (Å²) in [6.45, 7) is 5.90. The fourth-order valence-electron chi connectivity index (χ4n) is 4.06. The Morgan fingerprint density at radius 1 is 0.702 bits per heavy atom. The molecular formula is C38H47N5O2S2. The lowest BCUT2D eigenvalue weighted by molar-refractivity contribution is -0.128. The summed E-state index contributed by atoms with van der Waals surface area (Å²) < 4.78 is 0.748. The lowest BCUT2D eigenvalue weighted by Crippen LogP contribution is -2.21. The highest BCUT2D eigenvalue weighted by Crippen LogP contribution is 2.20.